The van der Waals surface area contributed by atoms with Gasteiger partial charge in [-0.1, -0.05) is 0 Å². The minimum absolute atomic E-state index is 0.842. The third kappa shape index (κ3) is 1.20. The normalized spacial score (nSPS) is 16.8. The standard InChI is InChI=1S/C7H10N4S/c1-5-9-7(12-10-5)11-4-3-8-6(11)2/h3-4H2,1-2H3. The highest BCUT2D eigenvalue weighted by molar-refractivity contribution is 7.09. The summed E-state index contributed by atoms with van der Waals surface area (Å²) in [4.78, 5) is 10.7. The summed E-state index contributed by atoms with van der Waals surface area (Å²) in [5.74, 6) is 1.89. The number of amidine groups is 1. The van der Waals surface area contributed by atoms with Crippen LogP contribution in [-0.4, -0.2) is 28.3 Å². The molecule has 2 heterocycles. The third-order valence-corrected chi connectivity index (χ3v) is 2.63. The third-order valence-electron chi connectivity index (χ3n) is 1.80. The van der Waals surface area contributed by atoms with Gasteiger partial charge in [0.2, 0.25) is 5.13 Å². The first-order valence-electron chi connectivity index (χ1n) is 3.86. The van der Waals surface area contributed by atoms with E-state index in [2.05, 4.69) is 19.2 Å². The fraction of sp³-hybridized carbons (Fsp3) is 0.571. The first kappa shape index (κ1) is 7.67. The van der Waals surface area contributed by atoms with Crippen molar-refractivity contribution in [3.8, 4) is 0 Å². The summed E-state index contributed by atoms with van der Waals surface area (Å²) in [5, 5.41) is 0.964. The van der Waals surface area contributed by atoms with Crippen LogP contribution in [0, 0.1) is 6.92 Å². The molecule has 0 saturated heterocycles. The Labute approximate surface area is 75.1 Å². The second kappa shape index (κ2) is 2.82. The zero-order chi connectivity index (χ0) is 8.55. The number of rotatable bonds is 1. The fourth-order valence-corrected chi connectivity index (χ4v) is 1.94. The van der Waals surface area contributed by atoms with Crippen LogP contribution < -0.4 is 4.90 Å². The molecule has 1 aliphatic heterocycles. The second-order valence-electron chi connectivity index (χ2n) is 2.70. The van der Waals surface area contributed by atoms with Crippen molar-refractivity contribution in [2.75, 3.05) is 18.0 Å². The molecule has 2 rings (SSSR count). The van der Waals surface area contributed by atoms with Gasteiger partial charge in [-0.2, -0.15) is 4.37 Å². The van der Waals surface area contributed by atoms with E-state index >= 15 is 0 Å². The predicted octanol–water partition coefficient (Wildman–Crippen LogP) is 1.08. The van der Waals surface area contributed by atoms with E-state index in [0.717, 1.165) is 29.9 Å². The van der Waals surface area contributed by atoms with Crippen molar-refractivity contribution in [2.24, 2.45) is 4.99 Å². The Morgan fingerprint density at radius 1 is 1.42 bits per heavy atom. The Bertz CT molecular complexity index is 317. The molecule has 0 N–H and O–H groups in total. The molecule has 1 aromatic rings. The largest absolute Gasteiger partial charge is 0.303 e. The van der Waals surface area contributed by atoms with Crippen LogP contribution in [0.2, 0.25) is 0 Å². The Balaban J connectivity index is 2.26. The smallest absolute Gasteiger partial charge is 0.210 e. The van der Waals surface area contributed by atoms with Gasteiger partial charge in [-0.15, -0.1) is 0 Å². The maximum Gasteiger partial charge on any atom is 0.210 e. The van der Waals surface area contributed by atoms with Crippen molar-refractivity contribution in [1.82, 2.24) is 9.36 Å². The van der Waals surface area contributed by atoms with E-state index in [1.165, 1.54) is 11.5 Å². The molecule has 5 heteroatoms. The minimum Gasteiger partial charge on any atom is -0.303 e. The molecule has 0 aliphatic carbocycles. The first-order chi connectivity index (χ1) is 5.77. The summed E-state index contributed by atoms with van der Waals surface area (Å²) in [6.07, 6.45) is 0. The molecule has 4 nitrogen and oxygen atoms in total. The van der Waals surface area contributed by atoms with Crippen molar-refractivity contribution in [3.63, 3.8) is 0 Å². The lowest BCUT2D eigenvalue weighted by atomic mass is 10.6. The van der Waals surface area contributed by atoms with Gasteiger partial charge in [0, 0.05) is 18.1 Å². The van der Waals surface area contributed by atoms with Crippen LogP contribution in [0.25, 0.3) is 0 Å². The van der Waals surface area contributed by atoms with Crippen LogP contribution in [0.1, 0.15) is 12.7 Å². The first-order valence-corrected chi connectivity index (χ1v) is 4.63. The summed E-state index contributed by atoms with van der Waals surface area (Å²) in [5.41, 5.74) is 0. The quantitative estimate of drug-likeness (QED) is 0.652. The zero-order valence-electron chi connectivity index (χ0n) is 7.11. The maximum absolute atomic E-state index is 4.30. The van der Waals surface area contributed by atoms with Gasteiger partial charge in [-0.05, 0) is 13.8 Å². The molecule has 0 saturated carbocycles. The van der Waals surface area contributed by atoms with E-state index in [1.807, 2.05) is 13.8 Å². The Kier molecular flexibility index (Phi) is 1.80. The number of aliphatic imine (C=N–C) groups is 1. The van der Waals surface area contributed by atoms with E-state index < -0.39 is 0 Å². The van der Waals surface area contributed by atoms with Gasteiger partial charge < -0.3 is 4.90 Å². The molecule has 0 spiro atoms. The van der Waals surface area contributed by atoms with Crippen LogP contribution in [0.5, 0.6) is 0 Å². The highest BCUT2D eigenvalue weighted by atomic mass is 32.1. The lowest BCUT2D eigenvalue weighted by Gasteiger charge is -2.12. The van der Waals surface area contributed by atoms with Crippen LogP contribution in [0.3, 0.4) is 0 Å². The highest BCUT2D eigenvalue weighted by Crippen LogP contribution is 2.19. The molecule has 0 bridgehead atoms. The Morgan fingerprint density at radius 2 is 2.25 bits per heavy atom. The van der Waals surface area contributed by atoms with E-state index in [0.29, 0.717) is 0 Å². The van der Waals surface area contributed by atoms with E-state index in [4.69, 9.17) is 0 Å². The molecule has 0 amide bonds. The molecule has 0 atom stereocenters. The van der Waals surface area contributed by atoms with Crippen molar-refractivity contribution >= 4 is 22.5 Å². The number of hydrogen-bond acceptors (Lipinski definition) is 5. The average molecular weight is 182 g/mol. The van der Waals surface area contributed by atoms with Gasteiger partial charge in [-0.25, -0.2) is 4.98 Å². The summed E-state index contributed by atoms with van der Waals surface area (Å²) in [6.45, 7) is 5.73. The molecule has 0 fully saturated rings. The van der Waals surface area contributed by atoms with Crippen LogP contribution in [-0.2, 0) is 0 Å². The molecular weight excluding hydrogens is 172 g/mol. The van der Waals surface area contributed by atoms with Gasteiger partial charge in [0.25, 0.3) is 0 Å². The van der Waals surface area contributed by atoms with Gasteiger partial charge >= 0.3 is 0 Å². The summed E-state index contributed by atoms with van der Waals surface area (Å²) < 4.78 is 4.13. The van der Waals surface area contributed by atoms with Crippen molar-refractivity contribution in [3.05, 3.63) is 5.82 Å². The van der Waals surface area contributed by atoms with Gasteiger partial charge in [-0.3, -0.25) is 4.99 Å². The lowest BCUT2D eigenvalue weighted by molar-refractivity contribution is 1.00. The summed E-state index contributed by atoms with van der Waals surface area (Å²) in [7, 11) is 0. The van der Waals surface area contributed by atoms with E-state index in [-0.39, 0.29) is 0 Å². The Hall–Kier alpha value is -0.970. The van der Waals surface area contributed by atoms with Crippen molar-refractivity contribution in [2.45, 2.75) is 13.8 Å². The number of hydrogen-bond donors (Lipinski definition) is 0. The maximum atomic E-state index is 4.30. The second-order valence-corrected chi connectivity index (χ2v) is 3.44. The lowest BCUT2D eigenvalue weighted by Crippen LogP contribution is -2.24. The number of aromatic nitrogens is 2. The van der Waals surface area contributed by atoms with E-state index in [9.17, 15) is 0 Å². The monoisotopic (exact) mass is 182 g/mol. The van der Waals surface area contributed by atoms with Crippen LogP contribution in [0.4, 0.5) is 5.13 Å². The van der Waals surface area contributed by atoms with Crippen LogP contribution >= 0.6 is 11.5 Å². The number of anilines is 1. The van der Waals surface area contributed by atoms with Crippen molar-refractivity contribution < 1.29 is 0 Å². The molecule has 1 aromatic heterocycles. The van der Waals surface area contributed by atoms with E-state index in [1.54, 1.807) is 0 Å². The van der Waals surface area contributed by atoms with Crippen molar-refractivity contribution in [1.29, 1.82) is 0 Å². The predicted molar refractivity (Wildman–Crippen MR) is 50.0 cm³/mol. The van der Waals surface area contributed by atoms with Crippen LogP contribution in [0.15, 0.2) is 4.99 Å². The van der Waals surface area contributed by atoms with Gasteiger partial charge in [0.1, 0.15) is 11.7 Å². The molecule has 0 radical (unpaired) electrons. The SMILES string of the molecule is CC1=NCCN1c1nc(C)ns1. The topological polar surface area (TPSA) is 41.4 Å². The molecule has 12 heavy (non-hydrogen) atoms. The number of aryl methyl sites for hydroxylation is 1. The highest BCUT2D eigenvalue weighted by Gasteiger charge is 2.17. The number of nitrogens with zero attached hydrogens (tertiary/aromatic N) is 4. The fourth-order valence-electron chi connectivity index (χ4n) is 1.19. The minimum atomic E-state index is 0.842. The molecular formula is C7H10N4S. The average Bonchev–Trinajstić information content (AvgIpc) is 2.58. The summed E-state index contributed by atoms with van der Waals surface area (Å²) >= 11 is 1.43. The van der Waals surface area contributed by atoms with Gasteiger partial charge in [0.15, 0.2) is 0 Å². The van der Waals surface area contributed by atoms with Gasteiger partial charge in [0.05, 0.1) is 6.54 Å². The molecule has 1 aliphatic rings. The molecule has 0 unspecified atom stereocenters. The summed E-state index contributed by atoms with van der Waals surface area (Å²) in [6, 6.07) is 0. The molecule has 64 valence electrons. The zero-order valence-corrected chi connectivity index (χ0v) is 7.93. The Morgan fingerprint density at radius 3 is 2.75 bits per heavy atom. The molecule has 0 aromatic carbocycles.